The van der Waals surface area contributed by atoms with E-state index in [0.29, 0.717) is 30.4 Å². The summed E-state index contributed by atoms with van der Waals surface area (Å²) in [5.74, 6) is 1.75. The fourth-order valence-corrected chi connectivity index (χ4v) is 3.47. The molecule has 0 aliphatic carbocycles. The number of nitrogens with one attached hydrogen (secondary N) is 1. The van der Waals surface area contributed by atoms with Gasteiger partial charge in [-0.15, -0.1) is 0 Å². The molecule has 2 heterocycles. The van der Waals surface area contributed by atoms with E-state index in [-0.39, 0.29) is 5.82 Å². The predicted molar refractivity (Wildman–Crippen MR) is 109 cm³/mol. The summed E-state index contributed by atoms with van der Waals surface area (Å²) < 4.78 is 24.6. The van der Waals surface area contributed by atoms with E-state index in [2.05, 4.69) is 20.2 Å². The molecule has 1 aliphatic rings. The lowest BCUT2D eigenvalue weighted by Crippen LogP contribution is -2.31. The van der Waals surface area contributed by atoms with Gasteiger partial charge in [-0.3, -0.25) is 4.90 Å². The Morgan fingerprint density at radius 2 is 2.00 bits per heavy atom. The Morgan fingerprint density at radius 1 is 1.14 bits per heavy atom. The minimum Gasteiger partial charge on any atom is -0.497 e. The van der Waals surface area contributed by atoms with Crippen molar-refractivity contribution in [3.63, 3.8) is 0 Å². The highest BCUT2D eigenvalue weighted by atomic mass is 19.1. The lowest BCUT2D eigenvalue weighted by molar-refractivity contribution is 0.239. The van der Waals surface area contributed by atoms with E-state index in [9.17, 15) is 4.39 Å². The molecule has 7 heteroatoms. The molecule has 6 nitrogen and oxygen atoms in total. The standard InChI is InChI=1S/C22H23FN4O2/c1-28-17-7-8-21(29-2)20(11-17)26-22-24-12-16-14-27(10-9-19(16)25-22)13-15-5-3-4-6-18(15)23/h3-8,11-12H,9-10,13-14H2,1-2H3,(H,24,25,26). The van der Waals surface area contributed by atoms with Crippen LogP contribution in [0.2, 0.25) is 0 Å². The molecule has 0 spiro atoms. The zero-order valence-electron chi connectivity index (χ0n) is 16.5. The van der Waals surface area contributed by atoms with Crippen molar-refractivity contribution in [1.82, 2.24) is 14.9 Å². The zero-order chi connectivity index (χ0) is 20.2. The number of methoxy groups -OCH3 is 2. The van der Waals surface area contributed by atoms with Crippen molar-refractivity contribution >= 4 is 11.6 Å². The molecule has 0 saturated carbocycles. The Hall–Kier alpha value is -3.19. The Kier molecular flexibility index (Phi) is 5.57. The van der Waals surface area contributed by atoms with Crippen LogP contribution in [0, 0.1) is 5.82 Å². The average molecular weight is 394 g/mol. The van der Waals surface area contributed by atoms with E-state index in [1.54, 1.807) is 20.3 Å². The molecule has 1 N–H and O–H groups in total. The van der Waals surface area contributed by atoms with Crippen LogP contribution in [-0.2, 0) is 19.5 Å². The van der Waals surface area contributed by atoms with Crippen molar-refractivity contribution in [2.75, 3.05) is 26.1 Å². The van der Waals surface area contributed by atoms with Gasteiger partial charge < -0.3 is 14.8 Å². The number of rotatable bonds is 6. The van der Waals surface area contributed by atoms with E-state index in [0.717, 1.165) is 35.7 Å². The van der Waals surface area contributed by atoms with E-state index in [4.69, 9.17) is 9.47 Å². The number of ether oxygens (including phenoxy) is 2. The largest absolute Gasteiger partial charge is 0.497 e. The van der Waals surface area contributed by atoms with Crippen LogP contribution in [0.5, 0.6) is 11.5 Å². The number of anilines is 2. The second kappa shape index (κ2) is 8.45. The van der Waals surface area contributed by atoms with Gasteiger partial charge in [0.2, 0.25) is 5.95 Å². The van der Waals surface area contributed by atoms with Crippen LogP contribution in [-0.4, -0.2) is 35.6 Å². The van der Waals surface area contributed by atoms with Gasteiger partial charge in [-0.2, -0.15) is 0 Å². The normalized spacial score (nSPS) is 13.6. The number of hydrogen-bond acceptors (Lipinski definition) is 6. The summed E-state index contributed by atoms with van der Waals surface area (Å²) in [7, 11) is 3.24. The molecule has 1 aliphatic heterocycles. The summed E-state index contributed by atoms with van der Waals surface area (Å²) in [4.78, 5) is 11.3. The maximum absolute atomic E-state index is 13.9. The lowest BCUT2D eigenvalue weighted by atomic mass is 10.1. The van der Waals surface area contributed by atoms with Crippen LogP contribution >= 0.6 is 0 Å². The molecule has 2 aromatic carbocycles. The Balaban J connectivity index is 1.49. The van der Waals surface area contributed by atoms with Crippen molar-refractivity contribution in [3.8, 4) is 11.5 Å². The third-order valence-corrected chi connectivity index (χ3v) is 5.02. The third kappa shape index (κ3) is 4.30. The highest BCUT2D eigenvalue weighted by Gasteiger charge is 2.20. The molecule has 29 heavy (non-hydrogen) atoms. The molecule has 0 bridgehead atoms. The van der Waals surface area contributed by atoms with Gasteiger partial charge >= 0.3 is 0 Å². The lowest BCUT2D eigenvalue weighted by Gasteiger charge is -2.28. The molecule has 3 aromatic rings. The van der Waals surface area contributed by atoms with Gasteiger partial charge in [0, 0.05) is 49.4 Å². The molecule has 4 rings (SSSR count). The minimum absolute atomic E-state index is 0.165. The molecule has 0 amide bonds. The second-order valence-corrected chi connectivity index (χ2v) is 6.91. The number of nitrogens with zero attached hydrogens (tertiary/aromatic N) is 3. The van der Waals surface area contributed by atoms with Gasteiger partial charge in [0.15, 0.2) is 0 Å². The van der Waals surface area contributed by atoms with E-state index in [1.807, 2.05) is 36.5 Å². The van der Waals surface area contributed by atoms with Crippen LogP contribution in [0.3, 0.4) is 0 Å². The number of halogens is 1. The summed E-state index contributed by atoms with van der Waals surface area (Å²) in [6, 6.07) is 12.4. The van der Waals surface area contributed by atoms with Crippen molar-refractivity contribution in [2.45, 2.75) is 19.5 Å². The molecule has 150 valence electrons. The van der Waals surface area contributed by atoms with Crippen molar-refractivity contribution in [1.29, 1.82) is 0 Å². The molecular formula is C22H23FN4O2. The fraction of sp³-hybridized carbons (Fsp3) is 0.273. The first-order valence-electron chi connectivity index (χ1n) is 9.46. The first-order chi connectivity index (χ1) is 14.2. The van der Waals surface area contributed by atoms with Gasteiger partial charge in [0.05, 0.1) is 25.6 Å². The maximum atomic E-state index is 13.9. The van der Waals surface area contributed by atoms with Gasteiger partial charge in [0.25, 0.3) is 0 Å². The molecule has 0 atom stereocenters. The monoisotopic (exact) mass is 394 g/mol. The van der Waals surface area contributed by atoms with Gasteiger partial charge in [-0.1, -0.05) is 18.2 Å². The van der Waals surface area contributed by atoms with Crippen molar-refractivity contribution in [2.24, 2.45) is 0 Å². The summed E-state index contributed by atoms with van der Waals surface area (Å²) >= 11 is 0. The SMILES string of the molecule is COc1ccc(OC)c(Nc2ncc3c(n2)CCN(Cc2ccccc2F)C3)c1. The Morgan fingerprint density at radius 3 is 2.79 bits per heavy atom. The fourth-order valence-electron chi connectivity index (χ4n) is 3.47. The molecule has 0 saturated heterocycles. The molecule has 1 aromatic heterocycles. The first kappa shape index (κ1) is 19.1. The number of aromatic nitrogens is 2. The quantitative estimate of drug-likeness (QED) is 0.684. The summed E-state index contributed by atoms with van der Waals surface area (Å²) in [5, 5.41) is 3.22. The maximum Gasteiger partial charge on any atom is 0.227 e. The summed E-state index contributed by atoms with van der Waals surface area (Å²) in [5.41, 5.74) is 3.52. The van der Waals surface area contributed by atoms with Gasteiger partial charge in [0.1, 0.15) is 17.3 Å². The predicted octanol–water partition coefficient (Wildman–Crippen LogP) is 3.93. The van der Waals surface area contributed by atoms with Crippen LogP contribution in [0.15, 0.2) is 48.7 Å². The number of hydrogen-bond donors (Lipinski definition) is 1. The molecule has 0 radical (unpaired) electrons. The number of fused-ring (bicyclic) bond motifs is 1. The van der Waals surface area contributed by atoms with Crippen molar-refractivity contribution < 1.29 is 13.9 Å². The van der Waals surface area contributed by atoms with E-state index in [1.165, 1.54) is 6.07 Å². The van der Waals surface area contributed by atoms with Crippen LogP contribution in [0.1, 0.15) is 16.8 Å². The van der Waals surface area contributed by atoms with Gasteiger partial charge in [-0.25, -0.2) is 14.4 Å². The summed E-state index contributed by atoms with van der Waals surface area (Å²) in [6.45, 7) is 2.10. The first-order valence-corrected chi connectivity index (χ1v) is 9.46. The van der Waals surface area contributed by atoms with E-state index < -0.39 is 0 Å². The topological polar surface area (TPSA) is 59.5 Å². The Labute approximate surface area is 169 Å². The Bertz CT molecular complexity index is 1010. The van der Waals surface area contributed by atoms with Gasteiger partial charge in [-0.05, 0) is 18.2 Å². The number of benzene rings is 2. The smallest absolute Gasteiger partial charge is 0.227 e. The highest BCUT2D eigenvalue weighted by molar-refractivity contribution is 5.65. The van der Waals surface area contributed by atoms with Crippen LogP contribution in [0.25, 0.3) is 0 Å². The van der Waals surface area contributed by atoms with E-state index >= 15 is 0 Å². The van der Waals surface area contributed by atoms with Crippen LogP contribution in [0.4, 0.5) is 16.0 Å². The van der Waals surface area contributed by atoms with Crippen LogP contribution < -0.4 is 14.8 Å². The van der Waals surface area contributed by atoms with Crippen molar-refractivity contribution in [3.05, 3.63) is 71.3 Å². The third-order valence-electron chi connectivity index (χ3n) is 5.02. The molecular weight excluding hydrogens is 371 g/mol. The summed E-state index contributed by atoms with van der Waals surface area (Å²) in [6.07, 6.45) is 2.63. The molecule has 0 unspecified atom stereocenters. The second-order valence-electron chi connectivity index (χ2n) is 6.91. The molecule has 0 fully saturated rings. The minimum atomic E-state index is -0.165. The highest BCUT2D eigenvalue weighted by Crippen LogP contribution is 2.31. The zero-order valence-corrected chi connectivity index (χ0v) is 16.5. The average Bonchev–Trinajstić information content (AvgIpc) is 2.75.